The van der Waals surface area contributed by atoms with Crippen LogP contribution in [0, 0.1) is 5.92 Å². The van der Waals surface area contributed by atoms with Crippen LogP contribution in [-0.2, 0) is 4.79 Å². The monoisotopic (exact) mass is 424 g/mol. The fourth-order valence-electron chi connectivity index (χ4n) is 3.26. The topological polar surface area (TPSA) is 67.4 Å². The standard InChI is InChI=1S/C20H29BrN2O3/c1-12(2)22-19(24)14-6-5-7-16(10-14)23-20(25)17-9-8-15(21)11-18(17)26-13(3)4/h8-9,11-14,16H,5-7,10H2,1-4H3,(H,22,24)(H,23,25). The van der Waals surface area contributed by atoms with E-state index in [2.05, 4.69) is 26.6 Å². The number of hydrogen-bond acceptors (Lipinski definition) is 3. The highest BCUT2D eigenvalue weighted by Crippen LogP contribution is 2.27. The molecule has 0 bridgehead atoms. The van der Waals surface area contributed by atoms with Gasteiger partial charge in [-0.15, -0.1) is 0 Å². The molecule has 2 rings (SSSR count). The maximum Gasteiger partial charge on any atom is 0.255 e. The summed E-state index contributed by atoms with van der Waals surface area (Å²) in [4.78, 5) is 25.0. The zero-order chi connectivity index (χ0) is 19.3. The first-order valence-electron chi connectivity index (χ1n) is 9.33. The summed E-state index contributed by atoms with van der Waals surface area (Å²) in [6.07, 6.45) is 3.38. The lowest BCUT2D eigenvalue weighted by atomic mass is 9.85. The smallest absolute Gasteiger partial charge is 0.255 e. The van der Waals surface area contributed by atoms with Gasteiger partial charge in [-0.3, -0.25) is 9.59 Å². The lowest BCUT2D eigenvalue weighted by molar-refractivity contribution is -0.126. The van der Waals surface area contributed by atoms with Crippen LogP contribution in [0.5, 0.6) is 5.75 Å². The highest BCUT2D eigenvalue weighted by Gasteiger charge is 2.29. The number of ether oxygens (including phenoxy) is 1. The Morgan fingerprint density at radius 1 is 1.19 bits per heavy atom. The normalized spacial score (nSPS) is 20.1. The van der Waals surface area contributed by atoms with E-state index in [1.165, 1.54) is 0 Å². The van der Waals surface area contributed by atoms with Crippen molar-refractivity contribution < 1.29 is 14.3 Å². The summed E-state index contributed by atoms with van der Waals surface area (Å²) < 4.78 is 6.65. The summed E-state index contributed by atoms with van der Waals surface area (Å²) in [5.41, 5.74) is 0.524. The Hall–Kier alpha value is -1.56. The van der Waals surface area contributed by atoms with E-state index in [9.17, 15) is 9.59 Å². The number of benzene rings is 1. The molecule has 0 aliphatic heterocycles. The van der Waals surface area contributed by atoms with Gasteiger partial charge in [-0.1, -0.05) is 22.4 Å². The molecule has 0 aromatic heterocycles. The highest BCUT2D eigenvalue weighted by molar-refractivity contribution is 9.10. The van der Waals surface area contributed by atoms with E-state index in [1.54, 1.807) is 6.07 Å². The van der Waals surface area contributed by atoms with Crippen molar-refractivity contribution in [1.29, 1.82) is 0 Å². The number of halogens is 1. The predicted octanol–water partition coefficient (Wildman–Crippen LogP) is 4.05. The molecular formula is C20H29BrN2O3. The molecule has 1 aromatic rings. The Morgan fingerprint density at radius 2 is 1.92 bits per heavy atom. The minimum atomic E-state index is -0.150. The highest BCUT2D eigenvalue weighted by atomic mass is 79.9. The van der Waals surface area contributed by atoms with Gasteiger partial charge >= 0.3 is 0 Å². The molecule has 1 aliphatic rings. The van der Waals surface area contributed by atoms with E-state index in [0.29, 0.717) is 17.7 Å². The van der Waals surface area contributed by atoms with Crippen molar-refractivity contribution in [2.45, 2.75) is 71.6 Å². The maximum absolute atomic E-state index is 12.8. The van der Waals surface area contributed by atoms with Crippen molar-refractivity contribution in [2.75, 3.05) is 0 Å². The average molecular weight is 425 g/mol. The third kappa shape index (κ3) is 6.01. The van der Waals surface area contributed by atoms with Crippen molar-refractivity contribution in [2.24, 2.45) is 5.92 Å². The molecule has 1 aromatic carbocycles. The summed E-state index contributed by atoms with van der Waals surface area (Å²) >= 11 is 3.42. The van der Waals surface area contributed by atoms with Crippen LogP contribution in [0.25, 0.3) is 0 Å². The number of nitrogens with one attached hydrogen (secondary N) is 2. The Morgan fingerprint density at radius 3 is 2.58 bits per heavy atom. The number of amides is 2. The van der Waals surface area contributed by atoms with Crippen molar-refractivity contribution in [3.63, 3.8) is 0 Å². The molecule has 144 valence electrons. The second-order valence-corrected chi connectivity index (χ2v) is 8.42. The second-order valence-electron chi connectivity index (χ2n) is 7.50. The van der Waals surface area contributed by atoms with Crippen LogP contribution in [0.4, 0.5) is 0 Å². The maximum atomic E-state index is 12.8. The van der Waals surface area contributed by atoms with Crippen LogP contribution in [-0.4, -0.2) is 30.0 Å². The van der Waals surface area contributed by atoms with E-state index < -0.39 is 0 Å². The largest absolute Gasteiger partial charge is 0.490 e. The molecule has 26 heavy (non-hydrogen) atoms. The van der Waals surface area contributed by atoms with Gasteiger partial charge in [0.05, 0.1) is 11.7 Å². The molecule has 1 aliphatic carbocycles. The summed E-state index contributed by atoms with van der Waals surface area (Å²) in [6, 6.07) is 5.56. The Labute approximate surface area is 164 Å². The zero-order valence-corrected chi connectivity index (χ0v) is 17.6. The van der Waals surface area contributed by atoms with Gasteiger partial charge in [0.2, 0.25) is 5.91 Å². The Bertz CT molecular complexity index is 646. The fourth-order valence-corrected chi connectivity index (χ4v) is 3.60. The molecule has 0 saturated heterocycles. The van der Waals surface area contributed by atoms with E-state index in [-0.39, 0.29) is 35.9 Å². The third-order valence-electron chi connectivity index (χ3n) is 4.36. The first-order valence-corrected chi connectivity index (χ1v) is 10.1. The number of carbonyl (C=O) groups is 2. The first-order chi connectivity index (χ1) is 12.3. The Balaban J connectivity index is 2.04. The first kappa shape index (κ1) is 20.7. The molecule has 2 unspecified atom stereocenters. The van der Waals surface area contributed by atoms with Gasteiger partial charge in [0.1, 0.15) is 5.75 Å². The fraction of sp³-hybridized carbons (Fsp3) is 0.600. The van der Waals surface area contributed by atoms with Crippen molar-refractivity contribution in [1.82, 2.24) is 10.6 Å². The molecule has 6 heteroatoms. The molecule has 2 amide bonds. The minimum Gasteiger partial charge on any atom is -0.490 e. The van der Waals surface area contributed by atoms with Crippen LogP contribution in [0.15, 0.2) is 22.7 Å². The van der Waals surface area contributed by atoms with Crippen LogP contribution in [0.1, 0.15) is 63.7 Å². The van der Waals surface area contributed by atoms with Crippen LogP contribution < -0.4 is 15.4 Å². The van der Waals surface area contributed by atoms with Gasteiger partial charge in [0.25, 0.3) is 5.91 Å². The van der Waals surface area contributed by atoms with Crippen LogP contribution in [0.3, 0.4) is 0 Å². The van der Waals surface area contributed by atoms with Gasteiger partial charge in [0, 0.05) is 22.5 Å². The van der Waals surface area contributed by atoms with E-state index in [0.717, 1.165) is 23.7 Å². The van der Waals surface area contributed by atoms with E-state index >= 15 is 0 Å². The summed E-state index contributed by atoms with van der Waals surface area (Å²) in [5, 5.41) is 6.07. The van der Waals surface area contributed by atoms with Gasteiger partial charge in [-0.2, -0.15) is 0 Å². The number of hydrogen-bond donors (Lipinski definition) is 2. The van der Waals surface area contributed by atoms with Crippen molar-refractivity contribution >= 4 is 27.7 Å². The zero-order valence-electron chi connectivity index (χ0n) is 16.0. The molecular weight excluding hydrogens is 396 g/mol. The van der Waals surface area contributed by atoms with E-state index in [4.69, 9.17) is 4.74 Å². The predicted molar refractivity (Wildman–Crippen MR) is 106 cm³/mol. The lowest BCUT2D eigenvalue weighted by Gasteiger charge is -2.29. The molecule has 2 N–H and O–H groups in total. The SMILES string of the molecule is CC(C)NC(=O)C1CCCC(NC(=O)c2ccc(Br)cc2OC(C)C)C1. The summed E-state index contributed by atoms with van der Waals surface area (Å²) in [6.45, 7) is 7.79. The summed E-state index contributed by atoms with van der Waals surface area (Å²) in [5.74, 6) is 0.471. The lowest BCUT2D eigenvalue weighted by Crippen LogP contribution is -2.43. The average Bonchev–Trinajstić information content (AvgIpc) is 2.53. The number of rotatable bonds is 6. The molecule has 5 nitrogen and oxygen atoms in total. The van der Waals surface area contributed by atoms with Crippen molar-refractivity contribution in [3.8, 4) is 5.75 Å². The van der Waals surface area contributed by atoms with Crippen molar-refractivity contribution in [3.05, 3.63) is 28.2 Å². The molecule has 1 saturated carbocycles. The van der Waals surface area contributed by atoms with Gasteiger partial charge < -0.3 is 15.4 Å². The van der Waals surface area contributed by atoms with Crippen LogP contribution in [0.2, 0.25) is 0 Å². The minimum absolute atomic E-state index is 0.00899. The second kappa shape index (κ2) is 9.40. The molecule has 0 spiro atoms. The molecule has 1 fully saturated rings. The Kier molecular flexibility index (Phi) is 7.50. The molecule has 0 heterocycles. The van der Waals surface area contributed by atoms with Gasteiger partial charge in [-0.25, -0.2) is 0 Å². The van der Waals surface area contributed by atoms with Gasteiger partial charge in [-0.05, 0) is 65.2 Å². The number of carbonyl (C=O) groups excluding carboxylic acids is 2. The third-order valence-corrected chi connectivity index (χ3v) is 4.86. The van der Waals surface area contributed by atoms with Crippen LogP contribution >= 0.6 is 15.9 Å². The quantitative estimate of drug-likeness (QED) is 0.723. The van der Waals surface area contributed by atoms with Gasteiger partial charge in [0.15, 0.2) is 0 Å². The summed E-state index contributed by atoms with van der Waals surface area (Å²) in [7, 11) is 0. The molecule has 2 atom stereocenters. The van der Waals surface area contributed by atoms with E-state index in [1.807, 2.05) is 39.8 Å². The molecule has 0 radical (unpaired) electrons.